The Morgan fingerprint density at radius 2 is 2.43 bits per heavy atom. The van der Waals surface area contributed by atoms with Crippen molar-refractivity contribution in [2.45, 2.75) is 25.6 Å². The van der Waals surface area contributed by atoms with Crippen molar-refractivity contribution in [1.82, 2.24) is 9.97 Å². The quantitative estimate of drug-likeness (QED) is 0.712. The molecule has 1 aromatic heterocycles. The standard InChI is InChI=1S/C9H15N3OS/c1-2-3-14-6-8-11-7(5-10)4-9(13)12-8/h4H,2-3,5-6,10H2,1H3,(H,11,12,13). The molecule has 0 fully saturated rings. The zero-order valence-corrected chi connectivity index (χ0v) is 9.06. The molecule has 0 aromatic carbocycles. The summed E-state index contributed by atoms with van der Waals surface area (Å²) in [6, 6.07) is 1.44. The maximum atomic E-state index is 11.1. The molecule has 0 aliphatic heterocycles. The van der Waals surface area contributed by atoms with Crippen LogP contribution >= 0.6 is 11.8 Å². The van der Waals surface area contributed by atoms with Gasteiger partial charge in [-0.1, -0.05) is 6.92 Å². The van der Waals surface area contributed by atoms with Gasteiger partial charge in [0.2, 0.25) is 0 Å². The maximum absolute atomic E-state index is 11.1. The SMILES string of the molecule is CCCSCc1nc(CN)cc(=O)[nH]1. The number of rotatable bonds is 5. The van der Waals surface area contributed by atoms with Crippen LogP contribution < -0.4 is 11.3 Å². The average molecular weight is 213 g/mol. The molecule has 1 heterocycles. The second-order valence-corrected chi connectivity index (χ2v) is 4.05. The summed E-state index contributed by atoms with van der Waals surface area (Å²) >= 11 is 1.76. The number of nitrogens with zero attached hydrogens (tertiary/aromatic N) is 1. The average Bonchev–Trinajstić information content (AvgIpc) is 2.17. The minimum Gasteiger partial charge on any atom is -0.325 e. The minimum atomic E-state index is -0.118. The number of aromatic amines is 1. The van der Waals surface area contributed by atoms with Crippen LogP contribution in [0.15, 0.2) is 10.9 Å². The number of nitrogens with one attached hydrogen (secondary N) is 1. The van der Waals surface area contributed by atoms with Gasteiger partial charge in [-0.3, -0.25) is 4.79 Å². The molecule has 1 rings (SSSR count). The van der Waals surface area contributed by atoms with Crippen LogP contribution in [-0.4, -0.2) is 15.7 Å². The smallest absolute Gasteiger partial charge is 0.251 e. The van der Waals surface area contributed by atoms with Gasteiger partial charge in [0, 0.05) is 12.6 Å². The molecule has 0 aliphatic rings. The lowest BCUT2D eigenvalue weighted by Gasteiger charge is -2.01. The second-order valence-electron chi connectivity index (χ2n) is 2.94. The minimum absolute atomic E-state index is 0.118. The highest BCUT2D eigenvalue weighted by atomic mass is 32.2. The Morgan fingerprint density at radius 3 is 3.07 bits per heavy atom. The highest BCUT2D eigenvalue weighted by molar-refractivity contribution is 7.98. The van der Waals surface area contributed by atoms with Gasteiger partial charge in [-0.25, -0.2) is 4.98 Å². The molecule has 3 N–H and O–H groups in total. The first-order valence-electron chi connectivity index (χ1n) is 4.63. The van der Waals surface area contributed by atoms with E-state index < -0.39 is 0 Å². The van der Waals surface area contributed by atoms with Crippen LogP contribution in [0.2, 0.25) is 0 Å². The molecular weight excluding hydrogens is 198 g/mol. The van der Waals surface area contributed by atoms with Gasteiger partial charge in [-0.05, 0) is 12.2 Å². The predicted octanol–water partition coefficient (Wildman–Crippen LogP) is 0.872. The molecule has 4 nitrogen and oxygen atoms in total. The van der Waals surface area contributed by atoms with Gasteiger partial charge >= 0.3 is 0 Å². The van der Waals surface area contributed by atoms with E-state index in [0.29, 0.717) is 12.2 Å². The van der Waals surface area contributed by atoms with E-state index in [4.69, 9.17) is 5.73 Å². The van der Waals surface area contributed by atoms with Gasteiger partial charge in [0.1, 0.15) is 5.82 Å². The van der Waals surface area contributed by atoms with Crippen LogP contribution in [0.3, 0.4) is 0 Å². The largest absolute Gasteiger partial charge is 0.325 e. The Kier molecular flexibility index (Phi) is 4.69. The number of H-pyrrole nitrogens is 1. The molecule has 0 saturated carbocycles. The summed E-state index contributed by atoms with van der Waals surface area (Å²) in [7, 11) is 0. The van der Waals surface area contributed by atoms with E-state index in [9.17, 15) is 4.79 Å². The molecule has 0 atom stereocenters. The molecule has 0 unspecified atom stereocenters. The Bertz CT molecular complexity index is 337. The summed E-state index contributed by atoms with van der Waals surface area (Å²) in [6.45, 7) is 2.44. The van der Waals surface area contributed by atoms with Gasteiger partial charge in [-0.2, -0.15) is 11.8 Å². The van der Waals surface area contributed by atoms with Crippen molar-refractivity contribution >= 4 is 11.8 Å². The van der Waals surface area contributed by atoms with Crippen molar-refractivity contribution in [3.8, 4) is 0 Å². The molecule has 78 valence electrons. The third kappa shape index (κ3) is 3.51. The van der Waals surface area contributed by atoms with Crippen molar-refractivity contribution < 1.29 is 0 Å². The maximum Gasteiger partial charge on any atom is 0.251 e. The summed E-state index contributed by atoms with van der Waals surface area (Å²) < 4.78 is 0. The van der Waals surface area contributed by atoms with Crippen LogP contribution in [0, 0.1) is 0 Å². The number of thioether (sulfide) groups is 1. The highest BCUT2D eigenvalue weighted by Crippen LogP contribution is 2.08. The van der Waals surface area contributed by atoms with Crippen molar-refractivity contribution in [2.75, 3.05) is 5.75 Å². The van der Waals surface area contributed by atoms with Crippen molar-refractivity contribution in [1.29, 1.82) is 0 Å². The molecule has 0 radical (unpaired) electrons. The van der Waals surface area contributed by atoms with Crippen molar-refractivity contribution in [3.63, 3.8) is 0 Å². The van der Waals surface area contributed by atoms with Crippen LogP contribution in [0.5, 0.6) is 0 Å². The number of nitrogens with two attached hydrogens (primary N) is 1. The van der Waals surface area contributed by atoms with Gasteiger partial charge in [0.25, 0.3) is 5.56 Å². The summed E-state index contributed by atoms with van der Waals surface area (Å²) in [6.07, 6.45) is 1.13. The molecule has 1 aromatic rings. The molecule has 14 heavy (non-hydrogen) atoms. The van der Waals surface area contributed by atoms with E-state index in [1.54, 1.807) is 11.8 Å². The lowest BCUT2D eigenvalue weighted by Crippen LogP contribution is -2.14. The van der Waals surface area contributed by atoms with Gasteiger partial charge in [0.15, 0.2) is 0 Å². The predicted molar refractivity (Wildman–Crippen MR) is 59.2 cm³/mol. The molecule has 0 amide bonds. The van der Waals surface area contributed by atoms with Gasteiger partial charge < -0.3 is 10.7 Å². The normalized spacial score (nSPS) is 10.4. The zero-order valence-electron chi connectivity index (χ0n) is 8.25. The van der Waals surface area contributed by atoms with E-state index in [2.05, 4.69) is 16.9 Å². The first kappa shape index (κ1) is 11.3. The summed E-state index contributed by atoms with van der Waals surface area (Å²) in [5.74, 6) is 2.55. The number of aromatic nitrogens is 2. The van der Waals surface area contributed by atoms with E-state index in [1.807, 2.05) is 0 Å². The van der Waals surface area contributed by atoms with Crippen LogP contribution in [-0.2, 0) is 12.3 Å². The van der Waals surface area contributed by atoms with Gasteiger partial charge in [0.05, 0.1) is 11.4 Å². The highest BCUT2D eigenvalue weighted by Gasteiger charge is 1.99. The number of hydrogen-bond acceptors (Lipinski definition) is 4. The Labute approximate surface area is 87.3 Å². The molecule has 0 saturated heterocycles. The first-order chi connectivity index (χ1) is 6.76. The summed E-state index contributed by atoms with van der Waals surface area (Å²) in [5.41, 5.74) is 5.96. The second kappa shape index (κ2) is 5.82. The monoisotopic (exact) mass is 213 g/mol. The fourth-order valence-electron chi connectivity index (χ4n) is 1.05. The van der Waals surface area contributed by atoms with E-state index in [1.165, 1.54) is 6.07 Å². The Hall–Kier alpha value is -0.810. The van der Waals surface area contributed by atoms with Crippen LogP contribution in [0.4, 0.5) is 0 Å². The molecule has 5 heteroatoms. The van der Waals surface area contributed by atoms with Gasteiger partial charge in [-0.15, -0.1) is 0 Å². The Balaban J connectivity index is 2.67. The summed E-state index contributed by atoms with van der Waals surface area (Å²) in [4.78, 5) is 18.1. The van der Waals surface area contributed by atoms with E-state index in [0.717, 1.165) is 23.8 Å². The van der Waals surface area contributed by atoms with E-state index >= 15 is 0 Å². The van der Waals surface area contributed by atoms with Crippen LogP contribution in [0.25, 0.3) is 0 Å². The Morgan fingerprint density at radius 1 is 1.64 bits per heavy atom. The molecule has 0 spiro atoms. The molecular formula is C9H15N3OS. The lowest BCUT2D eigenvalue weighted by molar-refractivity contribution is 0.901. The molecule has 0 aliphatic carbocycles. The summed E-state index contributed by atoms with van der Waals surface area (Å²) in [5, 5.41) is 0. The van der Waals surface area contributed by atoms with Crippen molar-refractivity contribution in [2.24, 2.45) is 5.73 Å². The lowest BCUT2D eigenvalue weighted by atomic mass is 10.4. The zero-order chi connectivity index (χ0) is 10.4. The van der Waals surface area contributed by atoms with Crippen molar-refractivity contribution in [3.05, 3.63) is 27.9 Å². The topological polar surface area (TPSA) is 71.8 Å². The fraction of sp³-hybridized carbons (Fsp3) is 0.556. The third-order valence-corrected chi connectivity index (χ3v) is 2.81. The third-order valence-electron chi connectivity index (χ3n) is 1.64. The first-order valence-corrected chi connectivity index (χ1v) is 5.78. The fourth-order valence-corrected chi connectivity index (χ4v) is 1.81. The molecule has 0 bridgehead atoms. The number of hydrogen-bond donors (Lipinski definition) is 2. The van der Waals surface area contributed by atoms with E-state index in [-0.39, 0.29) is 5.56 Å². The van der Waals surface area contributed by atoms with Crippen LogP contribution in [0.1, 0.15) is 24.9 Å².